The number of amides is 1. The molecule has 1 amide bonds. The van der Waals surface area contributed by atoms with E-state index in [1.165, 1.54) is 13.0 Å². The molecule has 1 aromatic rings. The van der Waals surface area contributed by atoms with Crippen LogP contribution in [0, 0.1) is 5.95 Å². The van der Waals surface area contributed by atoms with Crippen LogP contribution >= 0.6 is 0 Å². The number of hydrogen-bond donors (Lipinski definition) is 2. The van der Waals surface area contributed by atoms with Crippen molar-refractivity contribution in [2.24, 2.45) is 0 Å². The molecule has 0 aromatic carbocycles. The van der Waals surface area contributed by atoms with Crippen molar-refractivity contribution >= 4 is 11.9 Å². The van der Waals surface area contributed by atoms with Gasteiger partial charge >= 0.3 is 5.97 Å². The van der Waals surface area contributed by atoms with Crippen LogP contribution in [0.2, 0.25) is 0 Å². The molecule has 0 aliphatic carbocycles. The Morgan fingerprint density at radius 3 is 2.80 bits per heavy atom. The molecular weight excluding hydrogens is 203 g/mol. The van der Waals surface area contributed by atoms with Crippen molar-refractivity contribution in [3.8, 4) is 0 Å². The Morgan fingerprint density at radius 2 is 2.27 bits per heavy atom. The standard InChI is InChI=1S/C9H9FN2O3/c1-5(9(14)15)12-8(13)6-2-3-11-7(10)4-6/h2-5H,1H3,(H,12,13)(H,14,15)/t5-/m1/s1. The lowest BCUT2D eigenvalue weighted by atomic mass is 10.2. The zero-order valence-electron chi connectivity index (χ0n) is 7.90. The molecule has 0 bridgehead atoms. The van der Waals surface area contributed by atoms with Crippen LogP contribution < -0.4 is 5.32 Å². The van der Waals surface area contributed by atoms with Crippen molar-refractivity contribution in [1.82, 2.24) is 10.3 Å². The summed E-state index contributed by atoms with van der Waals surface area (Å²) in [5.74, 6) is -2.59. The summed E-state index contributed by atoms with van der Waals surface area (Å²) in [6.45, 7) is 1.32. The van der Waals surface area contributed by atoms with E-state index < -0.39 is 23.9 Å². The lowest BCUT2D eigenvalue weighted by Crippen LogP contribution is -2.38. The average Bonchev–Trinajstić information content (AvgIpc) is 2.17. The fourth-order valence-electron chi connectivity index (χ4n) is 0.885. The van der Waals surface area contributed by atoms with Crippen molar-refractivity contribution in [3.05, 3.63) is 29.8 Å². The number of aromatic nitrogens is 1. The van der Waals surface area contributed by atoms with Gasteiger partial charge in [-0.05, 0) is 13.0 Å². The van der Waals surface area contributed by atoms with Gasteiger partial charge in [0.1, 0.15) is 6.04 Å². The van der Waals surface area contributed by atoms with E-state index >= 15 is 0 Å². The van der Waals surface area contributed by atoms with Crippen molar-refractivity contribution in [2.75, 3.05) is 0 Å². The summed E-state index contributed by atoms with van der Waals surface area (Å²) in [4.78, 5) is 25.0. The number of pyridine rings is 1. The Kier molecular flexibility index (Phi) is 3.33. The summed E-state index contributed by atoms with van der Waals surface area (Å²) in [5.41, 5.74) is 0.0376. The van der Waals surface area contributed by atoms with Crippen molar-refractivity contribution in [3.63, 3.8) is 0 Å². The third-order valence-electron chi connectivity index (χ3n) is 1.71. The van der Waals surface area contributed by atoms with Gasteiger partial charge in [0.25, 0.3) is 5.91 Å². The first-order valence-electron chi connectivity index (χ1n) is 4.16. The highest BCUT2D eigenvalue weighted by atomic mass is 19.1. The molecule has 0 saturated carbocycles. The highest BCUT2D eigenvalue weighted by Crippen LogP contribution is 2.00. The van der Waals surface area contributed by atoms with E-state index in [4.69, 9.17) is 5.11 Å². The van der Waals surface area contributed by atoms with Crippen LogP contribution in [0.5, 0.6) is 0 Å². The van der Waals surface area contributed by atoms with E-state index in [2.05, 4.69) is 10.3 Å². The fraction of sp³-hybridized carbons (Fsp3) is 0.222. The number of carboxylic acids is 1. The summed E-state index contributed by atoms with van der Waals surface area (Å²) in [5, 5.41) is 10.7. The number of carbonyl (C=O) groups is 2. The van der Waals surface area contributed by atoms with Crippen molar-refractivity contribution < 1.29 is 19.1 Å². The van der Waals surface area contributed by atoms with Gasteiger partial charge in [0, 0.05) is 17.8 Å². The highest BCUT2D eigenvalue weighted by Gasteiger charge is 2.15. The molecule has 0 radical (unpaired) electrons. The Morgan fingerprint density at radius 1 is 1.60 bits per heavy atom. The third-order valence-corrected chi connectivity index (χ3v) is 1.71. The smallest absolute Gasteiger partial charge is 0.325 e. The van der Waals surface area contributed by atoms with E-state index in [0.29, 0.717) is 0 Å². The Hall–Kier alpha value is -1.98. The number of carbonyl (C=O) groups excluding carboxylic acids is 1. The Labute approximate surface area is 84.9 Å². The molecule has 2 N–H and O–H groups in total. The maximum absolute atomic E-state index is 12.6. The third kappa shape index (κ3) is 3.01. The summed E-state index contributed by atoms with van der Waals surface area (Å²) >= 11 is 0. The number of rotatable bonds is 3. The Bertz CT molecular complexity index is 395. The van der Waals surface area contributed by atoms with Crippen LogP contribution in [0.25, 0.3) is 0 Å². The molecule has 0 unspecified atom stereocenters. The van der Waals surface area contributed by atoms with Crippen molar-refractivity contribution in [2.45, 2.75) is 13.0 Å². The van der Waals surface area contributed by atoms with Crippen LogP contribution in [0.3, 0.4) is 0 Å². The molecule has 1 rings (SSSR count). The first-order valence-corrected chi connectivity index (χ1v) is 4.16. The normalized spacial score (nSPS) is 11.9. The van der Waals surface area contributed by atoms with Gasteiger partial charge in [0.05, 0.1) is 0 Å². The van der Waals surface area contributed by atoms with E-state index in [1.807, 2.05) is 0 Å². The Balaban J connectivity index is 2.73. The number of aliphatic carboxylic acids is 1. The molecule has 0 saturated heterocycles. The molecule has 1 atom stereocenters. The van der Waals surface area contributed by atoms with Gasteiger partial charge in [-0.1, -0.05) is 0 Å². The average molecular weight is 212 g/mol. The van der Waals surface area contributed by atoms with Crippen LogP contribution in [0.1, 0.15) is 17.3 Å². The first kappa shape index (κ1) is 11.1. The molecule has 80 valence electrons. The van der Waals surface area contributed by atoms with E-state index in [9.17, 15) is 14.0 Å². The summed E-state index contributed by atoms with van der Waals surface area (Å²) < 4.78 is 12.6. The lowest BCUT2D eigenvalue weighted by Gasteiger charge is -2.08. The van der Waals surface area contributed by atoms with Crippen LogP contribution in [0.15, 0.2) is 18.3 Å². The first-order chi connectivity index (χ1) is 7.00. The predicted octanol–water partition coefficient (Wildman–Crippen LogP) is 0.424. The van der Waals surface area contributed by atoms with Gasteiger partial charge in [-0.25, -0.2) is 4.98 Å². The summed E-state index contributed by atoms with van der Waals surface area (Å²) in [6, 6.07) is 1.21. The topological polar surface area (TPSA) is 79.3 Å². The van der Waals surface area contributed by atoms with Gasteiger partial charge < -0.3 is 10.4 Å². The number of nitrogens with zero attached hydrogens (tertiary/aromatic N) is 1. The quantitative estimate of drug-likeness (QED) is 0.712. The molecule has 0 fully saturated rings. The second-order valence-corrected chi connectivity index (χ2v) is 2.90. The minimum atomic E-state index is -1.15. The zero-order chi connectivity index (χ0) is 11.4. The SMILES string of the molecule is C[C@@H](NC(=O)c1ccnc(F)c1)C(=O)O. The number of halogens is 1. The monoisotopic (exact) mass is 212 g/mol. The van der Waals surface area contributed by atoms with Gasteiger partial charge in [0.15, 0.2) is 0 Å². The predicted molar refractivity (Wildman–Crippen MR) is 48.8 cm³/mol. The van der Waals surface area contributed by atoms with Gasteiger partial charge in [0.2, 0.25) is 5.95 Å². The largest absolute Gasteiger partial charge is 0.480 e. The maximum Gasteiger partial charge on any atom is 0.325 e. The van der Waals surface area contributed by atoms with E-state index in [0.717, 1.165) is 12.3 Å². The highest BCUT2D eigenvalue weighted by molar-refractivity contribution is 5.96. The maximum atomic E-state index is 12.6. The molecule has 6 heteroatoms. The number of carboxylic acid groups (broad SMARTS) is 1. The molecular formula is C9H9FN2O3. The van der Waals surface area contributed by atoms with Crippen LogP contribution in [-0.4, -0.2) is 28.0 Å². The second-order valence-electron chi connectivity index (χ2n) is 2.90. The molecule has 5 nitrogen and oxygen atoms in total. The van der Waals surface area contributed by atoms with Crippen LogP contribution in [0.4, 0.5) is 4.39 Å². The van der Waals surface area contributed by atoms with E-state index in [-0.39, 0.29) is 5.56 Å². The fourth-order valence-corrected chi connectivity index (χ4v) is 0.885. The zero-order valence-corrected chi connectivity index (χ0v) is 7.90. The second kappa shape index (κ2) is 4.50. The number of hydrogen-bond acceptors (Lipinski definition) is 3. The number of nitrogens with one attached hydrogen (secondary N) is 1. The molecule has 0 spiro atoms. The van der Waals surface area contributed by atoms with Gasteiger partial charge in [-0.15, -0.1) is 0 Å². The molecule has 0 aliphatic heterocycles. The van der Waals surface area contributed by atoms with E-state index in [1.54, 1.807) is 0 Å². The lowest BCUT2D eigenvalue weighted by molar-refractivity contribution is -0.138. The minimum Gasteiger partial charge on any atom is -0.480 e. The summed E-state index contributed by atoms with van der Waals surface area (Å²) in [6.07, 6.45) is 1.13. The van der Waals surface area contributed by atoms with Crippen molar-refractivity contribution in [1.29, 1.82) is 0 Å². The van der Waals surface area contributed by atoms with Crippen LogP contribution in [-0.2, 0) is 4.79 Å². The van der Waals surface area contributed by atoms with Gasteiger partial charge in [-0.3, -0.25) is 9.59 Å². The minimum absolute atomic E-state index is 0.0376. The summed E-state index contributed by atoms with van der Waals surface area (Å²) in [7, 11) is 0. The van der Waals surface area contributed by atoms with Gasteiger partial charge in [-0.2, -0.15) is 4.39 Å². The molecule has 0 aliphatic rings. The molecule has 1 aromatic heterocycles. The molecule has 15 heavy (non-hydrogen) atoms. The molecule has 1 heterocycles.